The van der Waals surface area contributed by atoms with Crippen LogP contribution in [0.15, 0.2) is 100 Å². The second kappa shape index (κ2) is 9.94. The van der Waals surface area contributed by atoms with E-state index in [2.05, 4.69) is 20.4 Å². The summed E-state index contributed by atoms with van der Waals surface area (Å²) in [7, 11) is 0. The molecular weight excluding hydrogens is 460 g/mol. The Labute approximate surface area is 206 Å². The van der Waals surface area contributed by atoms with Crippen molar-refractivity contribution in [2.24, 2.45) is 10.2 Å². The molecule has 1 N–H and O–H groups in total. The highest BCUT2D eigenvalue weighted by Gasteiger charge is 2.18. The van der Waals surface area contributed by atoms with Gasteiger partial charge in [0.25, 0.3) is 5.91 Å². The fraction of sp³-hybridized carbons (Fsp3) is 0.115. The van der Waals surface area contributed by atoms with Gasteiger partial charge in [-0.15, -0.1) is 20.4 Å². The van der Waals surface area contributed by atoms with E-state index in [1.807, 2.05) is 96.4 Å². The number of thioether (sulfide) groups is 1. The first-order valence-electron chi connectivity index (χ1n) is 11.1. The number of para-hydroxylation sites is 2. The van der Waals surface area contributed by atoms with Crippen molar-refractivity contribution < 1.29 is 9.90 Å². The molecule has 0 fully saturated rings. The number of hydrogen-bond donors (Lipinski definition) is 1. The van der Waals surface area contributed by atoms with E-state index in [1.54, 1.807) is 4.57 Å². The van der Waals surface area contributed by atoms with Crippen LogP contribution in [0.1, 0.15) is 6.92 Å². The molecule has 0 saturated heterocycles. The number of hydrogen-bond acceptors (Lipinski definition) is 6. The Bertz CT molecular complexity index is 1510. The summed E-state index contributed by atoms with van der Waals surface area (Å²) >= 11 is 1.24. The molecule has 174 valence electrons. The maximum Gasteiger partial charge on any atom is 0.275 e. The first-order valence-corrected chi connectivity index (χ1v) is 12.1. The molecule has 0 radical (unpaired) electrons. The number of aromatic hydroxyl groups is 1. The number of benzene rings is 3. The van der Waals surface area contributed by atoms with Gasteiger partial charge < -0.3 is 9.67 Å². The zero-order valence-corrected chi connectivity index (χ0v) is 19.8. The fourth-order valence-electron chi connectivity index (χ4n) is 3.90. The molecule has 0 atom stereocenters. The molecule has 0 aliphatic rings. The van der Waals surface area contributed by atoms with Gasteiger partial charge in [0.15, 0.2) is 16.7 Å². The summed E-state index contributed by atoms with van der Waals surface area (Å²) in [5, 5.41) is 28.6. The van der Waals surface area contributed by atoms with Crippen LogP contribution in [0.25, 0.3) is 28.0 Å². The van der Waals surface area contributed by atoms with Crippen LogP contribution in [0.3, 0.4) is 0 Å². The van der Waals surface area contributed by atoms with Gasteiger partial charge in [0, 0.05) is 23.2 Å². The zero-order chi connectivity index (χ0) is 24.2. The number of aryl methyl sites for hydroxylation is 1. The molecule has 2 aromatic heterocycles. The lowest BCUT2D eigenvalue weighted by atomic mass is 10.2. The zero-order valence-electron chi connectivity index (χ0n) is 18.9. The molecule has 0 unspecified atom stereocenters. The van der Waals surface area contributed by atoms with E-state index in [1.165, 1.54) is 11.8 Å². The highest BCUT2D eigenvalue weighted by molar-refractivity contribution is 7.99. The van der Waals surface area contributed by atoms with Gasteiger partial charge in [-0.25, -0.2) is 0 Å². The minimum absolute atomic E-state index is 0.00535. The van der Waals surface area contributed by atoms with Gasteiger partial charge in [0.2, 0.25) is 5.88 Å². The largest absolute Gasteiger partial charge is 0.493 e. The Morgan fingerprint density at radius 2 is 1.63 bits per heavy atom. The maximum atomic E-state index is 12.6. The third-order valence-electron chi connectivity index (χ3n) is 5.50. The normalized spacial score (nSPS) is 11.5. The molecule has 5 aromatic rings. The molecule has 5 rings (SSSR count). The molecule has 0 aliphatic carbocycles. The standard InChI is InChI=1S/C26H22N6O2S/c1-2-31-21-16-10-9-15-20(21)23(25(31)34)28-27-22(33)17-35-26-30-29-24(18-11-5-3-6-12-18)32(26)19-13-7-4-8-14-19/h3-16,34H,2,17H2,1H3. The van der Waals surface area contributed by atoms with Crippen LogP contribution in [0.2, 0.25) is 0 Å². The lowest BCUT2D eigenvalue weighted by Gasteiger charge is -2.09. The first-order chi connectivity index (χ1) is 17.2. The highest BCUT2D eigenvalue weighted by atomic mass is 32.2. The van der Waals surface area contributed by atoms with E-state index in [0.717, 1.165) is 22.2 Å². The molecule has 1 amide bonds. The third-order valence-corrected chi connectivity index (χ3v) is 6.41. The lowest BCUT2D eigenvalue weighted by Crippen LogP contribution is -2.02. The Kier molecular flexibility index (Phi) is 6.40. The average Bonchev–Trinajstić information content (AvgIpc) is 3.45. The van der Waals surface area contributed by atoms with Crippen molar-refractivity contribution >= 4 is 34.3 Å². The van der Waals surface area contributed by atoms with Gasteiger partial charge >= 0.3 is 0 Å². The Morgan fingerprint density at radius 1 is 0.943 bits per heavy atom. The van der Waals surface area contributed by atoms with Crippen molar-refractivity contribution in [3.63, 3.8) is 0 Å². The van der Waals surface area contributed by atoms with Gasteiger partial charge in [-0.1, -0.05) is 78.5 Å². The van der Waals surface area contributed by atoms with E-state index in [4.69, 9.17) is 0 Å². The van der Waals surface area contributed by atoms with E-state index in [9.17, 15) is 9.90 Å². The topological polar surface area (TPSA) is 97.7 Å². The molecule has 0 saturated carbocycles. The minimum atomic E-state index is -0.438. The highest BCUT2D eigenvalue weighted by Crippen LogP contribution is 2.38. The van der Waals surface area contributed by atoms with Crippen LogP contribution < -0.4 is 0 Å². The maximum absolute atomic E-state index is 12.6. The molecule has 0 spiro atoms. The van der Waals surface area contributed by atoms with E-state index < -0.39 is 5.91 Å². The second-order valence-corrected chi connectivity index (χ2v) is 8.60. The molecule has 0 bridgehead atoms. The number of carbonyl (C=O) groups excluding carboxylic acids is 1. The summed E-state index contributed by atoms with van der Waals surface area (Å²) in [6.45, 7) is 2.51. The monoisotopic (exact) mass is 482 g/mol. The molecule has 9 heteroatoms. The Morgan fingerprint density at radius 3 is 2.37 bits per heavy atom. The SMILES string of the molecule is CCn1c(O)c(N=NC(=O)CSc2nnc(-c3ccccc3)n2-c2ccccc2)c2ccccc21. The number of aromatic nitrogens is 4. The Balaban J connectivity index is 1.39. The van der Waals surface area contributed by atoms with Gasteiger partial charge in [0.1, 0.15) is 0 Å². The summed E-state index contributed by atoms with van der Waals surface area (Å²) in [6.07, 6.45) is 0. The van der Waals surface area contributed by atoms with Gasteiger partial charge in [0.05, 0.1) is 11.3 Å². The average molecular weight is 483 g/mol. The van der Waals surface area contributed by atoms with E-state index >= 15 is 0 Å². The van der Waals surface area contributed by atoms with Crippen molar-refractivity contribution in [1.29, 1.82) is 0 Å². The first kappa shape index (κ1) is 22.5. The molecular formula is C26H22N6O2S. The molecule has 8 nitrogen and oxygen atoms in total. The molecule has 2 heterocycles. The van der Waals surface area contributed by atoms with Crippen molar-refractivity contribution in [1.82, 2.24) is 19.3 Å². The summed E-state index contributed by atoms with van der Waals surface area (Å²) in [5.74, 6) is 0.266. The summed E-state index contributed by atoms with van der Waals surface area (Å²) in [5.41, 5.74) is 2.95. The molecule has 0 aliphatic heterocycles. The number of azo groups is 1. The Hall–Kier alpha value is -4.24. The van der Waals surface area contributed by atoms with E-state index in [-0.39, 0.29) is 11.6 Å². The smallest absolute Gasteiger partial charge is 0.275 e. The summed E-state index contributed by atoms with van der Waals surface area (Å²) < 4.78 is 3.65. The van der Waals surface area contributed by atoms with Gasteiger partial charge in [-0.2, -0.15) is 0 Å². The predicted octanol–water partition coefficient (Wildman–Crippen LogP) is 6.02. The van der Waals surface area contributed by atoms with Crippen molar-refractivity contribution in [3.05, 3.63) is 84.9 Å². The number of nitrogens with zero attached hydrogens (tertiary/aromatic N) is 6. The number of rotatable bonds is 7. The minimum Gasteiger partial charge on any atom is -0.493 e. The van der Waals surface area contributed by atoms with Crippen LogP contribution in [0.5, 0.6) is 5.88 Å². The van der Waals surface area contributed by atoms with Crippen LogP contribution in [0.4, 0.5) is 5.69 Å². The van der Waals surface area contributed by atoms with Crippen LogP contribution in [0, 0.1) is 0 Å². The summed E-state index contributed by atoms with van der Waals surface area (Å²) in [4.78, 5) is 12.6. The van der Waals surface area contributed by atoms with Gasteiger partial charge in [-0.3, -0.25) is 9.36 Å². The number of fused-ring (bicyclic) bond motifs is 1. The number of amides is 1. The van der Waals surface area contributed by atoms with Crippen LogP contribution in [-0.4, -0.2) is 36.1 Å². The van der Waals surface area contributed by atoms with E-state index in [0.29, 0.717) is 23.2 Å². The van der Waals surface area contributed by atoms with Crippen LogP contribution >= 0.6 is 11.8 Å². The quantitative estimate of drug-likeness (QED) is 0.226. The van der Waals surface area contributed by atoms with Crippen LogP contribution in [-0.2, 0) is 11.3 Å². The van der Waals surface area contributed by atoms with Crippen molar-refractivity contribution in [3.8, 4) is 23.0 Å². The third kappa shape index (κ3) is 4.45. The summed E-state index contributed by atoms with van der Waals surface area (Å²) in [6, 6.07) is 27.0. The van der Waals surface area contributed by atoms with Crippen molar-refractivity contribution in [2.45, 2.75) is 18.6 Å². The van der Waals surface area contributed by atoms with Gasteiger partial charge in [-0.05, 0) is 25.1 Å². The number of carbonyl (C=O) groups is 1. The van der Waals surface area contributed by atoms with Crippen molar-refractivity contribution in [2.75, 3.05) is 5.75 Å². The predicted molar refractivity (Wildman–Crippen MR) is 136 cm³/mol. The second-order valence-electron chi connectivity index (χ2n) is 7.66. The fourth-order valence-corrected chi connectivity index (χ4v) is 4.63. The lowest BCUT2D eigenvalue weighted by molar-refractivity contribution is -0.115. The molecule has 35 heavy (non-hydrogen) atoms. The molecule has 3 aromatic carbocycles.